The molecule has 0 radical (unpaired) electrons. The lowest BCUT2D eigenvalue weighted by molar-refractivity contribution is -0.419. The molecule has 0 bridgehead atoms. The van der Waals surface area contributed by atoms with Gasteiger partial charge in [0.1, 0.15) is 5.82 Å². The molecular weight excluding hydrogens is 392 g/mol. The van der Waals surface area contributed by atoms with Crippen LogP contribution in [0.3, 0.4) is 0 Å². The molecule has 2 unspecified atom stereocenters. The van der Waals surface area contributed by atoms with Crippen LogP contribution in [-0.2, 0) is 15.6 Å². The van der Waals surface area contributed by atoms with Crippen molar-refractivity contribution in [2.24, 2.45) is 5.92 Å². The molecule has 1 heterocycles. The van der Waals surface area contributed by atoms with Gasteiger partial charge in [-0.05, 0) is 36.3 Å². The van der Waals surface area contributed by atoms with Gasteiger partial charge in [0, 0.05) is 18.4 Å². The summed E-state index contributed by atoms with van der Waals surface area (Å²) in [5, 5.41) is 10.8. The molecule has 1 amide bonds. The number of benzene rings is 1. The summed E-state index contributed by atoms with van der Waals surface area (Å²) in [4.78, 5) is 22.8. The Bertz CT molecular complexity index is 981. The molecule has 0 saturated carbocycles. The summed E-state index contributed by atoms with van der Waals surface area (Å²) in [6, 6.07) is 1.47. The lowest BCUT2D eigenvalue weighted by atomic mass is 9.96. The Morgan fingerprint density at radius 2 is 1.93 bits per heavy atom. The summed E-state index contributed by atoms with van der Waals surface area (Å²) in [6.45, 7) is 1.17. The van der Waals surface area contributed by atoms with Crippen LogP contribution in [0.2, 0.25) is 0 Å². The predicted molar refractivity (Wildman–Crippen MR) is 86.9 cm³/mol. The first-order valence-electron chi connectivity index (χ1n) is 7.38. The molecule has 1 aromatic carbocycles. The van der Waals surface area contributed by atoms with Crippen molar-refractivity contribution in [3.63, 3.8) is 0 Å². The highest BCUT2D eigenvalue weighted by Gasteiger charge is 2.41. The third kappa shape index (κ3) is 3.29. The maximum atomic E-state index is 14.4. The number of carbonyl (C=O) groups is 1. The number of hydrogen-bond donors (Lipinski definition) is 0. The van der Waals surface area contributed by atoms with Crippen LogP contribution in [0.1, 0.15) is 5.56 Å². The van der Waals surface area contributed by atoms with Gasteiger partial charge in [-0.25, -0.2) is 8.60 Å². The number of aryl methyl sites for hydroxylation is 1. The third-order valence-corrected chi connectivity index (χ3v) is 5.31. The fourth-order valence-corrected chi connectivity index (χ4v) is 3.59. The summed E-state index contributed by atoms with van der Waals surface area (Å²) < 4.78 is 64.4. The van der Waals surface area contributed by atoms with E-state index in [4.69, 9.17) is 0 Å². The monoisotopic (exact) mass is 402 g/mol. The summed E-state index contributed by atoms with van der Waals surface area (Å²) >= 11 is 0. The van der Waals surface area contributed by atoms with Crippen LogP contribution in [0, 0.1) is 28.8 Å². The summed E-state index contributed by atoms with van der Waals surface area (Å²) in [7, 11) is -3.40. The van der Waals surface area contributed by atoms with Crippen LogP contribution in [0.15, 0.2) is 52.7 Å². The van der Waals surface area contributed by atoms with Crippen LogP contribution >= 0.6 is 0 Å². The van der Waals surface area contributed by atoms with Crippen molar-refractivity contribution in [2.45, 2.75) is 17.3 Å². The minimum atomic E-state index is -5.05. The molecule has 1 aliphatic carbocycles. The molecular formula is C16H10F4N2O4S. The third-order valence-electron chi connectivity index (χ3n) is 4.05. The second-order valence-electron chi connectivity index (χ2n) is 5.78. The number of halogens is 4. The largest absolute Gasteiger partial charge is 0.475 e. The maximum Gasteiger partial charge on any atom is 0.475 e. The number of amides is 1. The van der Waals surface area contributed by atoms with Gasteiger partial charge >= 0.3 is 5.51 Å². The zero-order valence-electron chi connectivity index (χ0n) is 13.5. The number of allylic oxidation sites excluding steroid dienone is 2. The number of fused-ring (bicyclic) bond motifs is 1. The van der Waals surface area contributed by atoms with Gasteiger partial charge in [0.2, 0.25) is 5.91 Å². The van der Waals surface area contributed by atoms with Crippen LogP contribution in [0.4, 0.5) is 23.2 Å². The summed E-state index contributed by atoms with van der Waals surface area (Å²) in [6.07, 6.45) is 4.73. The zero-order valence-corrected chi connectivity index (χ0v) is 14.3. The molecule has 3 rings (SSSR count). The van der Waals surface area contributed by atoms with Crippen LogP contribution < -0.4 is 4.90 Å². The molecule has 0 spiro atoms. The molecule has 1 aromatic rings. The Morgan fingerprint density at radius 3 is 2.52 bits per heavy atom. The van der Waals surface area contributed by atoms with E-state index in [1.54, 1.807) is 0 Å². The van der Waals surface area contributed by atoms with Crippen molar-refractivity contribution in [2.75, 3.05) is 4.90 Å². The lowest BCUT2D eigenvalue weighted by Gasteiger charge is -2.18. The molecule has 0 N–H and O–H groups in total. The minimum absolute atomic E-state index is 0.181. The van der Waals surface area contributed by atoms with Gasteiger partial charge in [-0.2, -0.15) is 13.2 Å². The number of alkyl halides is 3. The Labute approximate surface area is 152 Å². The number of hydrogen-bond acceptors (Lipinski definition) is 4. The fraction of sp³-hybridized carbons (Fsp3) is 0.188. The maximum absolute atomic E-state index is 14.4. The van der Waals surface area contributed by atoms with E-state index in [-0.39, 0.29) is 11.3 Å². The fourth-order valence-electron chi connectivity index (χ4n) is 2.77. The standard InChI is InChI=1S/C16H10F4N2O4S/c1-8-4-12(17)13(6-14(8)27(26)16(18,19)20)21-7-9-2-3-10(22(24)25)5-11(9)15(21)23/h2-7,11H,1H3. The number of rotatable bonds is 3. The van der Waals surface area contributed by atoms with Crippen LogP contribution in [0.25, 0.3) is 0 Å². The van der Waals surface area contributed by atoms with Crippen molar-refractivity contribution in [1.82, 2.24) is 0 Å². The minimum Gasteiger partial charge on any atom is -0.284 e. The van der Waals surface area contributed by atoms with Crippen molar-refractivity contribution in [1.29, 1.82) is 0 Å². The first-order valence-corrected chi connectivity index (χ1v) is 8.53. The van der Waals surface area contributed by atoms with E-state index in [1.807, 2.05) is 0 Å². The molecule has 1 aliphatic heterocycles. The predicted octanol–water partition coefficient (Wildman–Crippen LogP) is 3.34. The first-order chi connectivity index (χ1) is 12.5. The van der Waals surface area contributed by atoms with Gasteiger partial charge in [0.25, 0.3) is 5.70 Å². The highest BCUT2D eigenvalue weighted by atomic mass is 32.2. The number of carbonyl (C=O) groups excluding carboxylic acids is 1. The molecule has 2 aliphatic rings. The van der Waals surface area contributed by atoms with E-state index in [0.29, 0.717) is 11.6 Å². The number of anilines is 1. The highest BCUT2D eigenvalue weighted by Crippen LogP contribution is 2.37. The van der Waals surface area contributed by atoms with E-state index in [0.717, 1.165) is 23.1 Å². The number of nitrogens with zero attached hydrogens (tertiary/aromatic N) is 2. The average molecular weight is 402 g/mol. The Hall–Kier alpha value is -2.82. The normalized spacial score (nSPS) is 20.3. The molecule has 11 heteroatoms. The SMILES string of the molecule is Cc1cc(F)c(N2C=C3C=CC([N+](=O)[O-])=CC3C2=O)cc1S(=O)C(F)(F)F. The van der Waals surface area contributed by atoms with Crippen molar-refractivity contribution in [3.05, 3.63) is 69.3 Å². The van der Waals surface area contributed by atoms with E-state index in [2.05, 4.69) is 0 Å². The average Bonchev–Trinajstić information content (AvgIpc) is 2.90. The second-order valence-corrected chi connectivity index (χ2v) is 7.22. The summed E-state index contributed by atoms with van der Waals surface area (Å²) in [5.74, 6) is -2.80. The van der Waals surface area contributed by atoms with Gasteiger partial charge in [-0.1, -0.05) is 0 Å². The molecule has 0 saturated heterocycles. The lowest BCUT2D eigenvalue weighted by Crippen LogP contribution is -2.27. The van der Waals surface area contributed by atoms with Crippen molar-refractivity contribution in [3.8, 4) is 0 Å². The second kappa shape index (κ2) is 6.41. The van der Waals surface area contributed by atoms with Gasteiger partial charge in [0.05, 0.1) is 21.4 Å². The Balaban J connectivity index is 2.05. The Kier molecular flexibility index (Phi) is 4.50. The van der Waals surface area contributed by atoms with Gasteiger partial charge < -0.3 is 0 Å². The molecule has 27 heavy (non-hydrogen) atoms. The molecule has 0 aromatic heterocycles. The summed E-state index contributed by atoms with van der Waals surface area (Å²) in [5.41, 5.74) is -5.74. The van der Waals surface area contributed by atoms with Crippen LogP contribution in [0.5, 0.6) is 0 Å². The smallest absolute Gasteiger partial charge is 0.284 e. The van der Waals surface area contributed by atoms with Crippen molar-refractivity contribution >= 4 is 22.4 Å². The van der Waals surface area contributed by atoms with Crippen LogP contribution in [-0.4, -0.2) is 20.5 Å². The zero-order chi connectivity index (χ0) is 20.1. The Morgan fingerprint density at radius 1 is 1.26 bits per heavy atom. The van der Waals surface area contributed by atoms with E-state index < -0.39 is 49.5 Å². The quantitative estimate of drug-likeness (QED) is 0.441. The van der Waals surface area contributed by atoms with Gasteiger partial charge in [-0.15, -0.1) is 0 Å². The topological polar surface area (TPSA) is 80.5 Å². The van der Waals surface area contributed by atoms with E-state index in [9.17, 15) is 36.7 Å². The van der Waals surface area contributed by atoms with Crippen molar-refractivity contribution < 1.29 is 31.5 Å². The van der Waals surface area contributed by atoms with Gasteiger partial charge in [-0.3, -0.25) is 19.8 Å². The highest BCUT2D eigenvalue weighted by molar-refractivity contribution is 7.86. The van der Waals surface area contributed by atoms with E-state index >= 15 is 0 Å². The first kappa shape index (κ1) is 19.0. The number of nitro groups is 1. The molecule has 6 nitrogen and oxygen atoms in total. The van der Waals surface area contributed by atoms with Gasteiger partial charge in [0.15, 0.2) is 10.8 Å². The van der Waals surface area contributed by atoms with E-state index in [1.165, 1.54) is 19.2 Å². The molecule has 2 atom stereocenters. The molecule has 142 valence electrons. The molecule has 0 fully saturated rings.